The maximum Gasteiger partial charge on any atom is 0.343 e. The molecule has 0 aliphatic heterocycles. The lowest BCUT2D eigenvalue weighted by Crippen LogP contribution is -2.21. The van der Waals surface area contributed by atoms with Crippen LogP contribution in [0, 0.1) is 12.7 Å². The summed E-state index contributed by atoms with van der Waals surface area (Å²) in [5.41, 5.74) is 2.16. The molecule has 1 fully saturated rings. The predicted molar refractivity (Wildman–Crippen MR) is 118 cm³/mol. The maximum absolute atomic E-state index is 15.4. The Morgan fingerprint density at radius 3 is 2.77 bits per heavy atom. The van der Waals surface area contributed by atoms with Crippen molar-refractivity contribution in [2.45, 2.75) is 58.1 Å². The van der Waals surface area contributed by atoms with Gasteiger partial charge in [-0.05, 0) is 69.2 Å². The van der Waals surface area contributed by atoms with Gasteiger partial charge in [0, 0.05) is 32.9 Å². The van der Waals surface area contributed by atoms with E-state index in [4.69, 9.17) is 4.74 Å². The molecule has 0 spiro atoms. The molecule has 2 aliphatic rings. The van der Waals surface area contributed by atoms with Crippen LogP contribution in [0.5, 0.6) is 0 Å². The van der Waals surface area contributed by atoms with Crippen molar-refractivity contribution in [1.29, 1.82) is 0 Å². The van der Waals surface area contributed by atoms with Gasteiger partial charge >= 0.3 is 5.97 Å². The molecular weight excluding hydrogens is 417 g/mol. The first-order valence-corrected chi connectivity index (χ1v) is 11.6. The number of halogens is 1. The van der Waals surface area contributed by atoms with Crippen molar-refractivity contribution < 1.29 is 19.0 Å². The fourth-order valence-electron chi connectivity index (χ4n) is 4.63. The standard InChI is InChI=1S/C24H24FNO4S/c1-3-30-24(29)16-11-26(13-7-8-13)22-12(2)21(17(25)9-15(22)23(16)28)20-10-14-18(27)5-4-6-19(14)31-20/h9-11,13,18,27H,3-8H2,1-2H3. The lowest BCUT2D eigenvalue weighted by Gasteiger charge is -2.17. The zero-order valence-electron chi connectivity index (χ0n) is 17.5. The van der Waals surface area contributed by atoms with E-state index in [0.717, 1.165) is 47.4 Å². The average molecular weight is 442 g/mol. The molecule has 5 rings (SSSR count). The number of carbonyl (C=O) groups excluding carboxylic acids is 1. The number of hydrogen-bond donors (Lipinski definition) is 1. The Kier molecular flexibility index (Phi) is 4.98. The van der Waals surface area contributed by atoms with Crippen molar-refractivity contribution in [2.75, 3.05) is 6.61 Å². The maximum atomic E-state index is 15.4. The van der Waals surface area contributed by atoms with Crippen LogP contribution in [0.2, 0.25) is 0 Å². The van der Waals surface area contributed by atoms with E-state index < -0.39 is 23.3 Å². The van der Waals surface area contributed by atoms with Crippen molar-refractivity contribution in [3.8, 4) is 10.4 Å². The van der Waals surface area contributed by atoms with Gasteiger partial charge in [-0.25, -0.2) is 9.18 Å². The van der Waals surface area contributed by atoms with Gasteiger partial charge in [0.15, 0.2) is 0 Å². The van der Waals surface area contributed by atoms with E-state index in [0.29, 0.717) is 16.6 Å². The second kappa shape index (κ2) is 7.57. The number of aliphatic hydroxyl groups excluding tert-OH is 1. The number of fused-ring (bicyclic) bond motifs is 2. The second-order valence-corrected chi connectivity index (χ2v) is 9.52. The fraction of sp³-hybridized carbons (Fsp3) is 0.417. The van der Waals surface area contributed by atoms with E-state index in [1.807, 2.05) is 17.6 Å². The third-order valence-electron chi connectivity index (χ3n) is 6.27. The molecule has 1 N–H and O–H groups in total. The number of aromatic nitrogens is 1. The van der Waals surface area contributed by atoms with Crippen LogP contribution in [0.3, 0.4) is 0 Å². The van der Waals surface area contributed by atoms with E-state index in [9.17, 15) is 14.7 Å². The molecule has 2 aromatic heterocycles. The molecule has 31 heavy (non-hydrogen) atoms. The molecule has 1 saturated carbocycles. The van der Waals surface area contributed by atoms with Gasteiger partial charge in [-0.1, -0.05) is 0 Å². The highest BCUT2D eigenvalue weighted by Gasteiger charge is 2.30. The van der Waals surface area contributed by atoms with Crippen LogP contribution >= 0.6 is 11.3 Å². The number of pyridine rings is 1. The number of nitrogens with zero attached hydrogens (tertiary/aromatic N) is 1. The summed E-state index contributed by atoms with van der Waals surface area (Å²) in [6.07, 6.45) is 5.51. The van der Waals surface area contributed by atoms with Crippen LogP contribution in [-0.4, -0.2) is 22.2 Å². The number of benzene rings is 1. The Hall–Kier alpha value is -2.51. The van der Waals surface area contributed by atoms with E-state index in [1.165, 1.54) is 17.4 Å². The third-order valence-corrected chi connectivity index (χ3v) is 7.50. The summed E-state index contributed by atoms with van der Waals surface area (Å²) in [5.74, 6) is -1.16. The number of hydrogen-bond acceptors (Lipinski definition) is 5. The number of rotatable bonds is 4. The number of aliphatic hydroxyl groups is 1. The molecule has 2 heterocycles. The summed E-state index contributed by atoms with van der Waals surface area (Å²) < 4.78 is 22.4. The van der Waals surface area contributed by atoms with Crippen molar-refractivity contribution in [3.63, 3.8) is 0 Å². The lowest BCUT2D eigenvalue weighted by atomic mass is 9.94. The number of thiophene rings is 1. The van der Waals surface area contributed by atoms with Gasteiger partial charge in [0.05, 0.1) is 18.2 Å². The molecule has 0 amide bonds. The first kappa shape index (κ1) is 20.4. The van der Waals surface area contributed by atoms with Gasteiger partial charge in [-0.15, -0.1) is 11.3 Å². The highest BCUT2D eigenvalue weighted by atomic mass is 32.1. The Morgan fingerprint density at radius 2 is 2.10 bits per heavy atom. The van der Waals surface area contributed by atoms with E-state index in [1.54, 1.807) is 13.1 Å². The van der Waals surface area contributed by atoms with Crippen molar-refractivity contribution in [1.82, 2.24) is 4.57 Å². The molecule has 5 nitrogen and oxygen atoms in total. The van der Waals surface area contributed by atoms with Crippen LogP contribution in [0.15, 0.2) is 23.1 Å². The summed E-state index contributed by atoms with van der Waals surface area (Å²) in [6.45, 7) is 3.69. The van der Waals surface area contributed by atoms with Crippen molar-refractivity contribution >= 4 is 28.2 Å². The fourth-order valence-corrected chi connectivity index (χ4v) is 6.00. The zero-order valence-corrected chi connectivity index (χ0v) is 18.4. The third kappa shape index (κ3) is 3.31. The second-order valence-electron chi connectivity index (χ2n) is 8.38. The quantitative estimate of drug-likeness (QED) is 0.575. The first-order valence-electron chi connectivity index (χ1n) is 10.8. The van der Waals surface area contributed by atoms with Gasteiger partial charge < -0.3 is 14.4 Å². The normalized spacial score (nSPS) is 18.3. The Labute approximate surface area is 183 Å². The van der Waals surface area contributed by atoms with Gasteiger partial charge in [-0.3, -0.25) is 4.79 Å². The molecular formula is C24H24FNO4S. The Bertz CT molecular complexity index is 1270. The summed E-state index contributed by atoms with van der Waals surface area (Å²) in [6, 6.07) is 3.34. The van der Waals surface area contributed by atoms with Crippen molar-refractivity contribution in [2.24, 2.45) is 0 Å². The van der Waals surface area contributed by atoms with Crippen LogP contribution in [0.4, 0.5) is 4.39 Å². The topological polar surface area (TPSA) is 68.5 Å². The zero-order chi connectivity index (χ0) is 21.9. The van der Waals surface area contributed by atoms with Gasteiger partial charge in [0.25, 0.3) is 0 Å². The summed E-state index contributed by atoms with van der Waals surface area (Å²) >= 11 is 1.52. The molecule has 2 aliphatic carbocycles. The minimum Gasteiger partial charge on any atom is -0.462 e. The molecule has 162 valence electrons. The largest absolute Gasteiger partial charge is 0.462 e. The summed E-state index contributed by atoms with van der Waals surface area (Å²) in [7, 11) is 0. The summed E-state index contributed by atoms with van der Waals surface area (Å²) in [5, 5.41) is 10.5. The molecule has 1 aromatic carbocycles. The monoisotopic (exact) mass is 441 g/mol. The highest BCUT2D eigenvalue weighted by Crippen LogP contribution is 2.44. The molecule has 3 aromatic rings. The average Bonchev–Trinajstić information content (AvgIpc) is 3.48. The van der Waals surface area contributed by atoms with Gasteiger partial charge in [0.1, 0.15) is 11.4 Å². The van der Waals surface area contributed by atoms with Crippen LogP contribution < -0.4 is 5.43 Å². The predicted octanol–water partition coefficient (Wildman–Crippen LogP) is 5.06. The van der Waals surface area contributed by atoms with Crippen LogP contribution in [-0.2, 0) is 11.2 Å². The smallest absolute Gasteiger partial charge is 0.343 e. The summed E-state index contributed by atoms with van der Waals surface area (Å²) in [4.78, 5) is 27.3. The van der Waals surface area contributed by atoms with E-state index in [-0.39, 0.29) is 23.6 Å². The number of esters is 1. The first-order chi connectivity index (χ1) is 14.9. The minimum absolute atomic E-state index is 0.0532. The number of aryl methyl sites for hydroxylation is 2. The highest BCUT2D eigenvalue weighted by molar-refractivity contribution is 7.15. The Balaban J connectivity index is 1.76. The minimum atomic E-state index is -0.675. The number of ether oxygens (including phenoxy) is 1. The molecule has 1 unspecified atom stereocenters. The Morgan fingerprint density at radius 1 is 1.32 bits per heavy atom. The van der Waals surface area contributed by atoms with E-state index in [2.05, 4.69) is 0 Å². The number of carbonyl (C=O) groups is 1. The molecule has 0 radical (unpaired) electrons. The molecule has 0 bridgehead atoms. The molecule has 7 heteroatoms. The van der Waals surface area contributed by atoms with Crippen LogP contribution in [0.1, 0.15) is 71.1 Å². The lowest BCUT2D eigenvalue weighted by molar-refractivity contribution is 0.0524. The molecule has 1 atom stereocenters. The van der Waals surface area contributed by atoms with E-state index >= 15 is 4.39 Å². The van der Waals surface area contributed by atoms with Crippen molar-refractivity contribution in [3.05, 3.63) is 55.9 Å². The molecule has 0 saturated heterocycles. The van der Waals surface area contributed by atoms with Gasteiger partial charge in [-0.2, -0.15) is 0 Å². The SMILES string of the molecule is CCOC(=O)c1cn(C2CC2)c2c(C)c(-c3cc4c(s3)CCCC4O)c(F)cc2c1=O. The van der Waals surface area contributed by atoms with Crippen LogP contribution in [0.25, 0.3) is 21.3 Å². The van der Waals surface area contributed by atoms with Gasteiger partial charge in [0.2, 0.25) is 5.43 Å².